The van der Waals surface area contributed by atoms with E-state index in [2.05, 4.69) is 9.97 Å². The molecule has 2 aromatic carbocycles. The molecule has 0 saturated heterocycles. The molecule has 0 fully saturated rings. The van der Waals surface area contributed by atoms with Crippen molar-refractivity contribution in [1.29, 1.82) is 0 Å². The van der Waals surface area contributed by atoms with Crippen molar-refractivity contribution in [3.05, 3.63) is 88.7 Å². The molecular formula is C29H27N5O5S. The van der Waals surface area contributed by atoms with Crippen LogP contribution in [-0.2, 0) is 11.3 Å². The van der Waals surface area contributed by atoms with Crippen molar-refractivity contribution in [1.82, 2.24) is 23.8 Å². The Morgan fingerprint density at radius 2 is 1.90 bits per heavy atom. The molecule has 0 bridgehead atoms. The summed E-state index contributed by atoms with van der Waals surface area (Å²) in [4.78, 5) is 39.0. The van der Waals surface area contributed by atoms with Gasteiger partial charge in [-0.25, -0.2) is 9.97 Å². The van der Waals surface area contributed by atoms with Gasteiger partial charge in [0, 0.05) is 31.2 Å². The van der Waals surface area contributed by atoms with Crippen LogP contribution in [0.15, 0.2) is 72.5 Å². The minimum absolute atomic E-state index is 0.0387. The van der Waals surface area contributed by atoms with E-state index in [9.17, 15) is 14.7 Å². The number of benzene rings is 2. The van der Waals surface area contributed by atoms with Gasteiger partial charge in [-0.05, 0) is 43.2 Å². The lowest BCUT2D eigenvalue weighted by Crippen LogP contribution is -2.32. The second-order valence-electron chi connectivity index (χ2n) is 9.50. The lowest BCUT2D eigenvalue weighted by Gasteiger charge is -2.27. The maximum atomic E-state index is 14.2. The minimum atomic E-state index is -0.812. The van der Waals surface area contributed by atoms with Gasteiger partial charge in [-0.2, -0.15) is 0 Å². The largest absolute Gasteiger partial charge is 0.503 e. The maximum absolute atomic E-state index is 14.2. The van der Waals surface area contributed by atoms with Crippen LogP contribution in [0.25, 0.3) is 16.0 Å². The van der Waals surface area contributed by atoms with E-state index in [4.69, 9.17) is 9.47 Å². The van der Waals surface area contributed by atoms with E-state index < -0.39 is 23.5 Å². The molecule has 1 aliphatic heterocycles. The molecule has 5 aromatic rings. The number of rotatable bonds is 9. The minimum Gasteiger partial charge on any atom is -0.503 e. The summed E-state index contributed by atoms with van der Waals surface area (Å²) in [5, 5.41) is 11.2. The molecular weight excluding hydrogens is 530 g/mol. The summed E-state index contributed by atoms with van der Waals surface area (Å²) in [6, 6.07) is 12.2. The number of aryl methyl sites for hydroxylation is 2. The number of carbonyl (C=O) groups is 2. The van der Waals surface area contributed by atoms with Gasteiger partial charge in [0.2, 0.25) is 5.78 Å². The third-order valence-corrected chi connectivity index (χ3v) is 8.38. The summed E-state index contributed by atoms with van der Waals surface area (Å²) in [6.45, 7) is 2.79. The molecule has 1 unspecified atom stereocenters. The molecule has 0 saturated carbocycles. The zero-order valence-corrected chi connectivity index (χ0v) is 23.0. The zero-order valence-electron chi connectivity index (χ0n) is 22.2. The Balaban J connectivity index is 1.42. The molecule has 1 atom stereocenters. The molecule has 0 radical (unpaired) electrons. The lowest BCUT2D eigenvalue weighted by molar-refractivity contribution is -0.129. The molecule has 204 valence electrons. The van der Waals surface area contributed by atoms with Crippen LogP contribution in [0.5, 0.6) is 11.5 Å². The van der Waals surface area contributed by atoms with E-state index in [1.807, 2.05) is 46.4 Å². The summed E-state index contributed by atoms with van der Waals surface area (Å²) >= 11 is 1.25. The molecule has 1 aliphatic rings. The standard InChI is InChI=1S/C29H27N5O5S/c1-17-27(40-29-31-19-7-4-5-8-20(19)34(17)29)25(35)23-24(18-9-10-21(38-2)22(15-18)39-3)33(28(37)26(23)36)13-6-12-32-14-11-30-16-32/h4-5,7-11,14-16,24,36H,6,12-13H2,1-3H3. The number of hydrogen-bond donors (Lipinski definition) is 1. The SMILES string of the molecule is COc1ccc(C2C(C(=O)c3sc4nc5ccccc5n4c3C)=C(O)C(=O)N2CCCn2ccnc2)cc1OC. The van der Waals surface area contributed by atoms with Gasteiger partial charge < -0.3 is 24.0 Å². The third kappa shape index (κ3) is 4.10. The molecule has 6 rings (SSSR count). The van der Waals surface area contributed by atoms with Crippen LogP contribution in [0.1, 0.15) is 33.4 Å². The summed E-state index contributed by atoms with van der Waals surface area (Å²) < 4.78 is 14.8. The summed E-state index contributed by atoms with van der Waals surface area (Å²) in [5.41, 5.74) is 3.10. The highest BCUT2D eigenvalue weighted by molar-refractivity contribution is 7.19. The Labute approximate surface area is 233 Å². The van der Waals surface area contributed by atoms with Crippen molar-refractivity contribution in [2.75, 3.05) is 20.8 Å². The Morgan fingerprint density at radius 3 is 2.65 bits per heavy atom. The van der Waals surface area contributed by atoms with Crippen molar-refractivity contribution < 1.29 is 24.2 Å². The molecule has 1 amide bonds. The molecule has 11 heteroatoms. The fourth-order valence-electron chi connectivity index (χ4n) is 5.32. The van der Waals surface area contributed by atoms with Gasteiger partial charge in [0.1, 0.15) is 0 Å². The van der Waals surface area contributed by atoms with Gasteiger partial charge in [0.25, 0.3) is 5.91 Å². The van der Waals surface area contributed by atoms with Crippen LogP contribution < -0.4 is 9.47 Å². The number of para-hydroxylation sites is 2. The number of nitrogens with zero attached hydrogens (tertiary/aromatic N) is 5. The molecule has 40 heavy (non-hydrogen) atoms. The van der Waals surface area contributed by atoms with E-state index in [0.717, 1.165) is 11.0 Å². The average Bonchev–Trinajstić information content (AvgIpc) is 3.74. The molecule has 3 aromatic heterocycles. The van der Waals surface area contributed by atoms with Crippen molar-refractivity contribution in [2.24, 2.45) is 0 Å². The highest BCUT2D eigenvalue weighted by Crippen LogP contribution is 2.43. The average molecular weight is 558 g/mol. The van der Waals surface area contributed by atoms with Crippen molar-refractivity contribution in [2.45, 2.75) is 25.9 Å². The number of amides is 1. The normalized spacial score (nSPS) is 15.5. The first-order valence-corrected chi connectivity index (χ1v) is 13.6. The smallest absolute Gasteiger partial charge is 0.290 e. The Bertz CT molecular complexity index is 1790. The summed E-state index contributed by atoms with van der Waals surface area (Å²) in [5.74, 6) is -0.549. The molecule has 0 aliphatic carbocycles. The predicted molar refractivity (Wildman–Crippen MR) is 150 cm³/mol. The van der Waals surface area contributed by atoms with Gasteiger partial charge in [-0.1, -0.05) is 29.5 Å². The summed E-state index contributed by atoms with van der Waals surface area (Å²) in [7, 11) is 3.07. The van der Waals surface area contributed by atoms with Crippen molar-refractivity contribution in [3.8, 4) is 11.5 Å². The van der Waals surface area contributed by atoms with Crippen LogP contribution in [0.3, 0.4) is 0 Å². The number of aliphatic hydroxyl groups is 1. The number of Topliss-reactive ketones (excluding diaryl/α,β-unsaturated/α-hetero) is 1. The molecule has 4 heterocycles. The van der Waals surface area contributed by atoms with E-state index in [0.29, 0.717) is 52.1 Å². The number of ether oxygens (including phenoxy) is 2. The Hall–Kier alpha value is -4.64. The van der Waals surface area contributed by atoms with Crippen molar-refractivity contribution in [3.63, 3.8) is 0 Å². The number of fused-ring (bicyclic) bond motifs is 3. The number of thiazole rings is 1. The first kappa shape index (κ1) is 25.6. The van der Waals surface area contributed by atoms with Crippen LogP contribution in [-0.4, -0.2) is 61.4 Å². The van der Waals surface area contributed by atoms with Gasteiger partial charge in [-0.3, -0.25) is 14.0 Å². The van der Waals surface area contributed by atoms with Gasteiger partial charge >= 0.3 is 0 Å². The van der Waals surface area contributed by atoms with E-state index >= 15 is 0 Å². The van der Waals surface area contributed by atoms with Gasteiger partial charge in [0.15, 0.2) is 22.2 Å². The van der Waals surface area contributed by atoms with Crippen LogP contribution >= 0.6 is 11.3 Å². The number of aliphatic hydroxyl groups excluding tert-OH is 1. The first-order valence-electron chi connectivity index (χ1n) is 12.8. The number of imidazole rings is 2. The van der Waals surface area contributed by atoms with E-state index in [-0.39, 0.29) is 5.57 Å². The van der Waals surface area contributed by atoms with Crippen LogP contribution in [0.4, 0.5) is 0 Å². The number of carbonyl (C=O) groups excluding carboxylic acids is 2. The number of hydrogen-bond acceptors (Lipinski definition) is 8. The van der Waals surface area contributed by atoms with E-state index in [1.165, 1.54) is 18.4 Å². The lowest BCUT2D eigenvalue weighted by atomic mass is 9.94. The Kier molecular flexibility index (Phi) is 6.51. The fourth-order valence-corrected chi connectivity index (χ4v) is 6.42. The fraction of sp³-hybridized carbons (Fsp3) is 0.241. The summed E-state index contributed by atoms with van der Waals surface area (Å²) in [6.07, 6.45) is 5.85. The monoisotopic (exact) mass is 557 g/mol. The number of ketones is 1. The van der Waals surface area contributed by atoms with E-state index in [1.54, 1.807) is 42.7 Å². The zero-order chi connectivity index (χ0) is 28.0. The highest BCUT2D eigenvalue weighted by atomic mass is 32.1. The first-order chi connectivity index (χ1) is 19.4. The van der Waals surface area contributed by atoms with Crippen LogP contribution in [0, 0.1) is 6.92 Å². The van der Waals surface area contributed by atoms with Crippen LogP contribution in [0.2, 0.25) is 0 Å². The maximum Gasteiger partial charge on any atom is 0.290 e. The topological polar surface area (TPSA) is 111 Å². The number of methoxy groups -OCH3 is 2. The second kappa shape index (κ2) is 10.2. The molecule has 10 nitrogen and oxygen atoms in total. The quantitative estimate of drug-likeness (QED) is 0.261. The highest BCUT2D eigenvalue weighted by Gasteiger charge is 2.44. The Morgan fingerprint density at radius 1 is 1.10 bits per heavy atom. The van der Waals surface area contributed by atoms with Gasteiger partial charge in [-0.15, -0.1) is 0 Å². The second-order valence-corrected chi connectivity index (χ2v) is 10.5. The predicted octanol–water partition coefficient (Wildman–Crippen LogP) is 4.74. The number of aromatic nitrogens is 4. The third-order valence-electron chi connectivity index (χ3n) is 7.24. The molecule has 0 spiro atoms. The van der Waals surface area contributed by atoms with Gasteiger partial charge in [0.05, 0.1) is 48.1 Å². The van der Waals surface area contributed by atoms with Crippen molar-refractivity contribution >= 4 is 39.0 Å². The molecule has 1 N–H and O–H groups in total.